The maximum Gasteiger partial charge on any atom is 0.319 e. The first-order valence-electron chi connectivity index (χ1n) is 6.68. The van der Waals surface area contributed by atoms with Crippen LogP contribution >= 0.6 is 12.6 Å². The van der Waals surface area contributed by atoms with Gasteiger partial charge in [0.1, 0.15) is 11.4 Å². The standard InChI is InChI=1S/C15H20O2S/c16-15(17-13-9-5-2-6-10-13)14(18)11-12-7-3-1-4-8-12/h1,3-4,7-8,13-14,18H,2,5-6,9-11H2. The minimum absolute atomic E-state index is 0.122. The Morgan fingerprint density at radius 3 is 2.56 bits per heavy atom. The van der Waals surface area contributed by atoms with E-state index in [1.54, 1.807) is 0 Å². The molecule has 0 saturated heterocycles. The van der Waals surface area contributed by atoms with Gasteiger partial charge >= 0.3 is 5.97 Å². The number of thiol groups is 1. The first-order chi connectivity index (χ1) is 8.75. The van der Waals surface area contributed by atoms with Gasteiger partial charge in [0.25, 0.3) is 0 Å². The number of carbonyl (C=O) groups excluding carboxylic acids is 1. The Morgan fingerprint density at radius 1 is 1.22 bits per heavy atom. The highest BCUT2D eigenvalue weighted by Gasteiger charge is 2.22. The summed E-state index contributed by atoms with van der Waals surface area (Å²) in [5.74, 6) is -0.172. The highest BCUT2D eigenvalue weighted by atomic mass is 32.1. The molecular formula is C15H20O2S. The van der Waals surface area contributed by atoms with E-state index in [0.717, 1.165) is 18.4 Å². The van der Waals surface area contributed by atoms with E-state index in [4.69, 9.17) is 4.74 Å². The van der Waals surface area contributed by atoms with Crippen molar-refractivity contribution in [3.63, 3.8) is 0 Å². The van der Waals surface area contributed by atoms with E-state index in [1.165, 1.54) is 19.3 Å². The predicted molar refractivity (Wildman–Crippen MR) is 75.9 cm³/mol. The van der Waals surface area contributed by atoms with Crippen molar-refractivity contribution in [2.75, 3.05) is 0 Å². The molecule has 1 aliphatic rings. The molecule has 0 spiro atoms. The Bertz CT molecular complexity index is 371. The molecule has 0 bridgehead atoms. The van der Waals surface area contributed by atoms with Crippen molar-refractivity contribution in [1.82, 2.24) is 0 Å². The zero-order chi connectivity index (χ0) is 12.8. The largest absolute Gasteiger partial charge is 0.462 e. The van der Waals surface area contributed by atoms with Gasteiger partial charge < -0.3 is 4.74 Å². The second-order valence-electron chi connectivity index (χ2n) is 4.90. The smallest absolute Gasteiger partial charge is 0.319 e. The minimum atomic E-state index is -0.352. The molecule has 1 unspecified atom stereocenters. The fraction of sp³-hybridized carbons (Fsp3) is 0.533. The average molecular weight is 264 g/mol. The zero-order valence-electron chi connectivity index (χ0n) is 10.5. The molecule has 2 nitrogen and oxygen atoms in total. The minimum Gasteiger partial charge on any atom is -0.462 e. The van der Waals surface area contributed by atoms with Crippen LogP contribution in [0.5, 0.6) is 0 Å². The Kier molecular flexibility index (Phi) is 5.12. The van der Waals surface area contributed by atoms with Crippen molar-refractivity contribution < 1.29 is 9.53 Å². The Labute approximate surface area is 114 Å². The molecule has 0 amide bonds. The molecule has 0 radical (unpaired) electrons. The highest BCUT2D eigenvalue weighted by Crippen LogP contribution is 2.21. The lowest BCUT2D eigenvalue weighted by molar-refractivity contribution is -0.149. The summed E-state index contributed by atoms with van der Waals surface area (Å²) in [7, 11) is 0. The van der Waals surface area contributed by atoms with Crippen LogP contribution in [0, 0.1) is 0 Å². The van der Waals surface area contributed by atoms with Gasteiger partial charge in [-0.2, -0.15) is 12.6 Å². The maximum atomic E-state index is 11.9. The molecule has 2 rings (SSSR count). The van der Waals surface area contributed by atoms with Gasteiger partial charge in [-0.1, -0.05) is 36.8 Å². The average Bonchev–Trinajstić information content (AvgIpc) is 2.41. The monoisotopic (exact) mass is 264 g/mol. The molecule has 1 fully saturated rings. The van der Waals surface area contributed by atoms with Crippen LogP contribution in [0.15, 0.2) is 30.3 Å². The molecule has 0 N–H and O–H groups in total. The van der Waals surface area contributed by atoms with Crippen molar-refractivity contribution in [2.45, 2.75) is 49.9 Å². The molecule has 0 aliphatic heterocycles. The molecule has 0 aromatic heterocycles. The van der Waals surface area contributed by atoms with Gasteiger partial charge in [-0.15, -0.1) is 0 Å². The van der Waals surface area contributed by atoms with Gasteiger partial charge in [0.2, 0.25) is 0 Å². The van der Waals surface area contributed by atoms with Crippen LogP contribution in [0.3, 0.4) is 0 Å². The van der Waals surface area contributed by atoms with Crippen molar-refractivity contribution in [1.29, 1.82) is 0 Å². The van der Waals surface area contributed by atoms with E-state index in [1.807, 2.05) is 30.3 Å². The van der Waals surface area contributed by atoms with E-state index in [2.05, 4.69) is 12.6 Å². The summed E-state index contributed by atoms with van der Waals surface area (Å²) in [4.78, 5) is 11.9. The third-order valence-electron chi connectivity index (χ3n) is 3.38. The summed E-state index contributed by atoms with van der Waals surface area (Å²) in [6.07, 6.45) is 6.39. The van der Waals surface area contributed by atoms with Crippen LogP contribution in [0.4, 0.5) is 0 Å². The van der Waals surface area contributed by atoms with E-state index < -0.39 is 0 Å². The Morgan fingerprint density at radius 2 is 1.89 bits per heavy atom. The molecule has 1 aliphatic carbocycles. The van der Waals surface area contributed by atoms with Gasteiger partial charge in [0, 0.05) is 0 Å². The van der Waals surface area contributed by atoms with Crippen LogP contribution < -0.4 is 0 Å². The lowest BCUT2D eigenvalue weighted by atomic mass is 9.98. The Balaban J connectivity index is 1.81. The number of ether oxygens (including phenoxy) is 1. The summed E-state index contributed by atoms with van der Waals surface area (Å²) in [5, 5.41) is -0.352. The van der Waals surface area contributed by atoms with Crippen molar-refractivity contribution in [2.24, 2.45) is 0 Å². The molecule has 18 heavy (non-hydrogen) atoms. The van der Waals surface area contributed by atoms with E-state index in [9.17, 15) is 4.79 Å². The van der Waals surface area contributed by atoms with Crippen molar-refractivity contribution in [3.8, 4) is 0 Å². The number of benzene rings is 1. The number of hydrogen-bond donors (Lipinski definition) is 1. The quantitative estimate of drug-likeness (QED) is 0.666. The molecule has 1 aromatic carbocycles. The van der Waals surface area contributed by atoms with Crippen LogP contribution in [0.2, 0.25) is 0 Å². The van der Waals surface area contributed by atoms with Crippen LogP contribution in [-0.4, -0.2) is 17.3 Å². The van der Waals surface area contributed by atoms with Gasteiger partial charge in [-0.05, 0) is 37.7 Å². The number of carbonyl (C=O) groups is 1. The predicted octanol–water partition coefficient (Wildman–Crippen LogP) is 3.40. The number of hydrogen-bond acceptors (Lipinski definition) is 3. The topological polar surface area (TPSA) is 26.3 Å². The Hall–Kier alpha value is -0.960. The lowest BCUT2D eigenvalue weighted by Gasteiger charge is -2.23. The fourth-order valence-corrected chi connectivity index (χ4v) is 2.62. The number of rotatable bonds is 4. The zero-order valence-corrected chi connectivity index (χ0v) is 11.4. The third kappa shape index (κ3) is 4.05. The van der Waals surface area contributed by atoms with Gasteiger partial charge in [-0.25, -0.2) is 0 Å². The van der Waals surface area contributed by atoms with E-state index in [0.29, 0.717) is 6.42 Å². The summed E-state index contributed by atoms with van der Waals surface area (Å²) < 4.78 is 5.51. The molecule has 3 heteroatoms. The summed E-state index contributed by atoms with van der Waals surface area (Å²) in [6.45, 7) is 0. The maximum absolute atomic E-state index is 11.9. The van der Waals surface area contributed by atoms with Crippen LogP contribution in [-0.2, 0) is 16.0 Å². The first-order valence-corrected chi connectivity index (χ1v) is 7.20. The van der Waals surface area contributed by atoms with Gasteiger partial charge in [-0.3, -0.25) is 4.79 Å². The highest BCUT2D eigenvalue weighted by molar-refractivity contribution is 7.81. The number of esters is 1. The SMILES string of the molecule is O=C(OC1CCCCC1)C(S)Cc1ccccc1. The molecular weight excluding hydrogens is 244 g/mol. The van der Waals surface area contributed by atoms with E-state index >= 15 is 0 Å². The van der Waals surface area contributed by atoms with Crippen LogP contribution in [0.1, 0.15) is 37.7 Å². The molecule has 1 saturated carbocycles. The van der Waals surface area contributed by atoms with Crippen molar-refractivity contribution in [3.05, 3.63) is 35.9 Å². The second-order valence-corrected chi connectivity index (χ2v) is 5.53. The van der Waals surface area contributed by atoms with Gasteiger partial charge in [0.15, 0.2) is 0 Å². The second kappa shape index (κ2) is 6.83. The summed E-state index contributed by atoms with van der Waals surface area (Å²) in [5.41, 5.74) is 1.12. The lowest BCUT2D eigenvalue weighted by Crippen LogP contribution is -2.27. The molecule has 0 heterocycles. The molecule has 1 aromatic rings. The normalized spacial score (nSPS) is 18.3. The molecule has 1 atom stereocenters. The van der Waals surface area contributed by atoms with Gasteiger partial charge in [0.05, 0.1) is 0 Å². The third-order valence-corrected chi connectivity index (χ3v) is 3.77. The fourth-order valence-electron chi connectivity index (χ4n) is 2.35. The first kappa shape index (κ1) is 13.5. The van der Waals surface area contributed by atoms with E-state index in [-0.39, 0.29) is 17.3 Å². The summed E-state index contributed by atoms with van der Waals surface area (Å²) >= 11 is 4.36. The summed E-state index contributed by atoms with van der Waals surface area (Å²) in [6, 6.07) is 9.94. The van der Waals surface area contributed by atoms with Crippen LogP contribution in [0.25, 0.3) is 0 Å². The van der Waals surface area contributed by atoms with Crippen molar-refractivity contribution >= 4 is 18.6 Å². The molecule has 98 valence electrons.